The third-order valence-electron chi connectivity index (χ3n) is 7.00. The Labute approximate surface area is 233 Å². The van der Waals surface area contributed by atoms with Gasteiger partial charge in [-0.15, -0.1) is 0 Å². The SMILES string of the molecule is C/N=C/C(C(=O)N1CCCC(n2nc(-c3ccc(C(=O)c4cccc(F)c4)cc3F)c3c(N)ncnc32)C1)=C(/C)O. The molecule has 3 heterocycles. The lowest BCUT2D eigenvalue weighted by Crippen LogP contribution is -2.42. The Bertz CT molecular complexity index is 1730. The summed E-state index contributed by atoms with van der Waals surface area (Å²) in [4.78, 5) is 39.9. The topological polar surface area (TPSA) is 140 Å². The third kappa shape index (κ3) is 5.28. The number of aromatic nitrogens is 4. The maximum absolute atomic E-state index is 15.6. The third-order valence-corrected chi connectivity index (χ3v) is 7.00. The average molecular weight is 560 g/mol. The highest BCUT2D eigenvalue weighted by Crippen LogP contribution is 2.35. The normalized spacial score (nSPS) is 16.3. The molecule has 1 fully saturated rings. The molecule has 10 nitrogen and oxygen atoms in total. The number of nitrogens with two attached hydrogens (primary N) is 1. The monoisotopic (exact) mass is 559 g/mol. The molecule has 0 bridgehead atoms. The number of hydrogen-bond acceptors (Lipinski definition) is 8. The van der Waals surface area contributed by atoms with Crippen LogP contribution in [0.15, 0.2) is 65.1 Å². The number of benzene rings is 2. The fourth-order valence-corrected chi connectivity index (χ4v) is 5.02. The first-order chi connectivity index (χ1) is 19.7. The second-order valence-electron chi connectivity index (χ2n) is 9.72. The van der Waals surface area contributed by atoms with Gasteiger partial charge in [0.15, 0.2) is 11.4 Å². The Morgan fingerprint density at radius 3 is 2.63 bits per heavy atom. The van der Waals surface area contributed by atoms with Gasteiger partial charge < -0.3 is 15.7 Å². The second-order valence-corrected chi connectivity index (χ2v) is 9.72. The standard InChI is InChI=1S/C29H27F2N7O3/c1-16(39)22(13-33-2)29(41)37-10-4-7-20(14-37)38-28-24(27(32)34-15-35-28)25(36-38)21-9-8-18(12-23(21)31)26(40)17-5-3-6-19(30)11-17/h3,5-6,8-9,11-13,15,20,39H,4,7,10,14H2,1-2H3,(H2,32,34,35)/b22-16+,33-13+. The summed E-state index contributed by atoms with van der Waals surface area (Å²) < 4.78 is 30.8. The van der Waals surface area contributed by atoms with Gasteiger partial charge in [0.1, 0.15) is 35.2 Å². The van der Waals surface area contributed by atoms with Crippen LogP contribution in [0, 0.1) is 11.6 Å². The number of fused-ring (bicyclic) bond motifs is 1. The highest BCUT2D eigenvalue weighted by molar-refractivity contribution is 6.12. The van der Waals surface area contributed by atoms with E-state index in [1.807, 2.05) is 0 Å². The summed E-state index contributed by atoms with van der Waals surface area (Å²) >= 11 is 0. The molecule has 1 unspecified atom stereocenters. The molecule has 12 heteroatoms. The molecule has 4 aromatic rings. The summed E-state index contributed by atoms with van der Waals surface area (Å²) in [5.41, 5.74) is 7.09. The van der Waals surface area contributed by atoms with Crippen molar-refractivity contribution < 1.29 is 23.5 Å². The summed E-state index contributed by atoms with van der Waals surface area (Å²) in [6.07, 6.45) is 3.92. The van der Waals surface area contributed by atoms with Gasteiger partial charge in [-0.25, -0.2) is 23.4 Å². The number of amides is 1. The minimum absolute atomic E-state index is 0.0462. The number of aliphatic imine (C=N–C) groups is 1. The number of allylic oxidation sites excluding steroid dienone is 1. The van der Waals surface area contributed by atoms with E-state index in [1.165, 1.54) is 56.8 Å². The van der Waals surface area contributed by atoms with E-state index < -0.39 is 17.4 Å². The van der Waals surface area contributed by atoms with E-state index in [4.69, 9.17) is 10.8 Å². The van der Waals surface area contributed by atoms with Crippen molar-refractivity contribution in [2.45, 2.75) is 25.8 Å². The number of nitrogen functional groups attached to an aromatic ring is 1. The summed E-state index contributed by atoms with van der Waals surface area (Å²) in [5.74, 6) is -2.23. The molecule has 41 heavy (non-hydrogen) atoms. The molecule has 1 saturated heterocycles. The van der Waals surface area contributed by atoms with E-state index in [-0.39, 0.29) is 58.0 Å². The van der Waals surface area contributed by atoms with Gasteiger partial charge in [0.05, 0.1) is 17.0 Å². The zero-order chi connectivity index (χ0) is 29.3. The number of halogens is 2. The van der Waals surface area contributed by atoms with Crippen LogP contribution in [0.1, 0.15) is 41.7 Å². The number of anilines is 1. The molecular formula is C29H27F2N7O3. The quantitative estimate of drug-likeness (QED) is 0.156. The summed E-state index contributed by atoms with van der Waals surface area (Å²) in [6, 6.07) is 8.80. The lowest BCUT2D eigenvalue weighted by molar-refractivity contribution is -0.128. The molecule has 3 N–H and O–H groups in total. The molecule has 210 valence electrons. The number of likely N-dealkylation sites (tertiary alicyclic amines) is 1. The molecule has 1 atom stereocenters. The van der Waals surface area contributed by atoms with Crippen molar-refractivity contribution >= 4 is 34.8 Å². The molecule has 0 spiro atoms. The van der Waals surface area contributed by atoms with Gasteiger partial charge in [-0.2, -0.15) is 5.10 Å². The average Bonchev–Trinajstić information content (AvgIpc) is 3.35. The Kier molecular flexibility index (Phi) is 7.56. The number of piperidine rings is 1. The number of hydrogen-bond donors (Lipinski definition) is 2. The molecular weight excluding hydrogens is 532 g/mol. The van der Waals surface area contributed by atoms with Crippen molar-refractivity contribution in [1.29, 1.82) is 0 Å². The number of carbonyl (C=O) groups is 2. The van der Waals surface area contributed by atoms with E-state index in [9.17, 15) is 19.1 Å². The van der Waals surface area contributed by atoms with E-state index in [0.29, 0.717) is 30.4 Å². The summed E-state index contributed by atoms with van der Waals surface area (Å²) in [7, 11) is 1.51. The number of aliphatic hydroxyl groups is 1. The van der Waals surface area contributed by atoms with Gasteiger partial charge in [0.2, 0.25) is 0 Å². The molecule has 1 aliphatic heterocycles. The van der Waals surface area contributed by atoms with Crippen molar-refractivity contribution in [3.63, 3.8) is 0 Å². The molecule has 2 aromatic carbocycles. The van der Waals surface area contributed by atoms with E-state index in [2.05, 4.69) is 15.0 Å². The van der Waals surface area contributed by atoms with Crippen molar-refractivity contribution in [2.75, 3.05) is 25.9 Å². The lowest BCUT2D eigenvalue weighted by atomic mass is 10.00. The van der Waals surface area contributed by atoms with E-state index in [0.717, 1.165) is 12.1 Å². The maximum Gasteiger partial charge on any atom is 0.258 e. The zero-order valence-electron chi connectivity index (χ0n) is 22.4. The molecule has 0 aliphatic carbocycles. The molecule has 1 aliphatic rings. The first-order valence-electron chi connectivity index (χ1n) is 12.9. The summed E-state index contributed by atoms with van der Waals surface area (Å²) in [5, 5.41) is 15.0. The van der Waals surface area contributed by atoms with Crippen molar-refractivity contribution in [2.24, 2.45) is 4.99 Å². The maximum atomic E-state index is 15.6. The van der Waals surface area contributed by atoms with Gasteiger partial charge in [0, 0.05) is 43.0 Å². The largest absolute Gasteiger partial charge is 0.512 e. The Morgan fingerprint density at radius 1 is 1.15 bits per heavy atom. The van der Waals surface area contributed by atoms with Crippen LogP contribution in [-0.2, 0) is 4.79 Å². The van der Waals surface area contributed by atoms with Crippen LogP contribution in [0.4, 0.5) is 14.6 Å². The van der Waals surface area contributed by atoms with Gasteiger partial charge >= 0.3 is 0 Å². The molecule has 5 rings (SSSR count). The smallest absolute Gasteiger partial charge is 0.258 e. The van der Waals surface area contributed by atoms with Crippen LogP contribution in [0.2, 0.25) is 0 Å². The van der Waals surface area contributed by atoms with Gasteiger partial charge in [0.25, 0.3) is 5.91 Å². The van der Waals surface area contributed by atoms with Crippen LogP contribution in [0.25, 0.3) is 22.3 Å². The number of rotatable bonds is 6. The predicted octanol–water partition coefficient (Wildman–Crippen LogP) is 4.28. The van der Waals surface area contributed by atoms with Gasteiger partial charge in [-0.1, -0.05) is 18.2 Å². The molecule has 1 amide bonds. The van der Waals surface area contributed by atoms with Gasteiger partial charge in [-0.05, 0) is 44.0 Å². The number of carbonyl (C=O) groups excluding carboxylic acids is 2. The Hall–Kier alpha value is -5.00. The minimum atomic E-state index is -0.727. The molecule has 0 radical (unpaired) electrons. The van der Waals surface area contributed by atoms with Crippen LogP contribution >= 0.6 is 0 Å². The fourth-order valence-electron chi connectivity index (χ4n) is 5.02. The van der Waals surface area contributed by atoms with E-state index in [1.54, 1.807) is 9.58 Å². The first kappa shape index (κ1) is 27.6. The first-order valence-corrected chi connectivity index (χ1v) is 12.9. The van der Waals surface area contributed by atoms with Crippen LogP contribution in [-0.4, -0.2) is 67.8 Å². The van der Waals surface area contributed by atoms with Crippen LogP contribution in [0.3, 0.4) is 0 Å². The lowest BCUT2D eigenvalue weighted by Gasteiger charge is -2.33. The van der Waals surface area contributed by atoms with Crippen LogP contribution < -0.4 is 5.73 Å². The molecule has 0 saturated carbocycles. The number of ketones is 1. The Balaban J connectivity index is 1.52. The summed E-state index contributed by atoms with van der Waals surface area (Å²) in [6.45, 7) is 2.16. The fraction of sp³-hybridized carbons (Fsp3) is 0.241. The minimum Gasteiger partial charge on any atom is -0.512 e. The number of nitrogens with zero attached hydrogens (tertiary/aromatic N) is 6. The number of aliphatic hydroxyl groups excluding tert-OH is 1. The van der Waals surface area contributed by atoms with Crippen molar-refractivity contribution in [1.82, 2.24) is 24.6 Å². The predicted molar refractivity (Wildman–Crippen MR) is 150 cm³/mol. The van der Waals surface area contributed by atoms with Crippen molar-refractivity contribution in [3.05, 3.63) is 82.9 Å². The molecule has 2 aromatic heterocycles. The zero-order valence-corrected chi connectivity index (χ0v) is 22.4. The van der Waals surface area contributed by atoms with Crippen LogP contribution in [0.5, 0.6) is 0 Å². The Morgan fingerprint density at radius 2 is 1.93 bits per heavy atom. The highest BCUT2D eigenvalue weighted by atomic mass is 19.1. The van der Waals surface area contributed by atoms with E-state index >= 15 is 4.39 Å². The highest BCUT2D eigenvalue weighted by Gasteiger charge is 2.31. The second kappa shape index (κ2) is 11.2. The van der Waals surface area contributed by atoms with Gasteiger partial charge in [-0.3, -0.25) is 14.6 Å². The van der Waals surface area contributed by atoms with Crippen molar-refractivity contribution in [3.8, 4) is 11.3 Å².